The van der Waals surface area contributed by atoms with Crippen molar-refractivity contribution < 1.29 is 14.3 Å². The van der Waals surface area contributed by atoms with E-state index in [2.05, 4.69) is 18.6 Å². The van der Waals surface area contributed by atoms with Crippen LogP contribution in [0.3, 0.4) is 0 Å². The Morgan fingerprint density at radius 2 is 2.13 bits per heavy atom. The summed E-state index contributed by atoms with van der Waals surface area (Å²) in [6.07, 6.45) is 0.956. The molecule has 0 bridgehead atoms. The van der Waals surface area contributed by atoms with E-state index in [1.165, 1.54) is 18.4 Å². The molecule has 0 amide bonds. The average Bonchev–Trinajstić information content (AvgIpc) is 2.58. The summed E-state index contributed by atoms with van der Waals surface area (Å²) >= 11 is 1.45. The molecular weight excluding hydrogens is 212 g/mol. The molecule has 1 aromatic rings. The summed E-state index contributed by atoms with van der Waals surface area (Å²) in [5.74, 6) is 0.855. The van der Waals surface area contributed by atoms with E-state index in [1.807, 2.05) is 6.07 Å². The van der Waals surface area contributed by atoms with Gasteiger partial charge in [-0.25, -0.2) is 4.79 Å². The Kier molecular flexibility index (Phi) is 4.15. The second-order valence-electron chi connectivity index (χ2n) is 3.70. The smallest absolute Gasteiger partial charge is 0.351 e. The van der Waals surface area contributed by atoms with Crippen molar-refractivity contribution in [1.82, 2.24) is 0 Å². The van der Waals surface area contributed by atoms with E-state index in [1.54, 1.807) is 7.11 Å². The van der Waals surface area contributed by atoms with Gasteiger partial charge in [0.15, 0.2) is 4.88 Å². The zero-order valence-electron chi connectivity index (χ0n) is 9.49. The zero-order valence-corrected chi connectivity index (χ0v) is 10.3. The molecule has 0 saturated carbocycles. The molecule has 0 radical (unpaired) electrons. The standard InChI is InChI=1S/C11H16O3S/c1-7(2)5-8-6-9(13-3)10(15-8)11(12)14-4/h6-7H,5H2,1-4H3. The molecule has 3 nitrogen and oxygen atoms in total. The second-order valence-corrected chi connectivity index (χ2v) is 4.84. The van der Waals surface area contributed by atoms with E-state index >= 15 is 0 Å². The van der Waals surface area contributed by atoms with Gasteiger partial charge in [0, 0.05) is 4.88 Å². The number of ether oxygens (including phenoxy) is 2. The van der Waals surface area contributed by atoms with Crippen LogP contribution in [0.25, 0.3) is 0 Å². The van der Waals surface area contributed by atoms with Crippen LogP contribution in [0.15, 0.2) is 6.07 Å². The van der Waals surface area contributed by atoms with Crippen molar-refractivity contribution in [3.8, 4) is 5.75 Å². The molecule has 0 spiro atoms. The van der Waals surface area contributed by atoms with Crippen LogP contribution in [0, 0.1) is 5.92 Å². The van der Waals surface area contributed by atoms with Gasteiger partial charge in [0.25, 0.3) is 0 Å². The van der Waals surface area contributed by atoms with Crippen molar-refractivity contribution in [3.05, 3.63) is 15.8 Å². The van der Waals surface area contributed by atoms with Gasteiger partial charge in [-0.1, -0.05) is 13.8 Å². The molecule has 0 aliphatic carbocycles. The van der Waals surface area contributed by atoms with Crippen molar-refractivity contribution in [3.63, 3.8) is 0 Å². The Labute approximate surface area is 94.0 Å². The first-order valence-corrected chi connectivity index (χ1v) is 5.65. The van der Waals surface area contributed by atoms with Gasteiger partial charge < -0.3 is 9.47 Å². The van der Waals surface area contributed by atoms with Gasteiger partial charge in [0.05, 0.1) is 14.2 Å². The number of hydrogen-bond acceptors (Lipinski definition) is 4. The molecule has 0 saturated heterocycles. The van der Waals surface area contributed by atoms with Crippen molar-refractivity contribution in [1.29, 1.82) is 0 Å². The van der Waals surface area contributed by atoms with Crippen LogP contribution in [0.4, 0.5) is 0 Å². The molecule has 0 N–H and O–H groups in total. The number of methoxy groups -OCH3 is 2. The predicted octanol–water partition coefficient (Wildman–Crippen LogP) is 2.74. The number of rotatable bonds is 4. The van der Waals surface area contributed by atoms with E-state index < -0.39 is 0 Å². The fourth-order valence-electron chi connectivity index (χ4n) is 1.31. The maximum absolute atomic E-state index is 11.4. The first kappa shape index (κ1) is 12.0. The van der Waals surface area contributed by atoms with E-state index in [-0.39, 0.29) is 5.97 Å². The normalized spacial score (nSPS) is 10.5. The summed E-state index contributed by atoms with van der Waals surface area (Å²) in [6, 6.07) is 1.91. The van der Waals surface area contributed by atoms with E-state index in [0.29, 0.717) is 16.5 Å². The lowest BCUT2D eigenvalue weighted by Gasteiger charge is -1.99. The van der Waals surface area contributed by atoms with Crippen molar-refractivity contribution >= 4 is 17.3 Å². The van der Waals surface area contributed by atoms with Crippen molar-refractivity contribution in [2.24, 2.45) is 5.92 Å². The van der Waals surface area contributed by atoms with Gasteiger partial charge in [0.1, 0.15) is 5.75 Å². The van der Waals surface area contributed by atoms with Crippen molar-refractivity contribution in [2.75, 3.05) is 14.2 Å². The van der Waals surface area contributed by atoms with Crippen LogP contribution in [0.5, 0.6) is 5.75 Å². The highest BCUT2D eigenvalue weighted by Gasteiger charge is 2.17. The minimum atomic E-state index is -0.327. The van der Waals surface area contributed by atoms with Gasteiger partial charge in [-0.15, -0.1) is 11.3 Å². The van der Waals surface area contributed by atoms with Crippen LogP contribution >= 0.6 is 11.3 Å². The first-order valence-electron chi connectivity index (χ1n) is 4.83. The topological polar surface area (TPSA) is 35.5 Å². The molecule has 0 atom stereocenters. The lowest BCUT2D eigenvalue weighted by Crippen LogP contribution is -1.99. The quantitative estimate of drug-likeness (QED) is 0.743. The summed E-state index contributed by atoms with van der Waals surface area (Å²) in [5.41, 5.74) is 0. The average molecular weight is 228 g/mol. The monoisotopic (exact) mass is 228 g/mol. The fraction of sp³-hybridized carbons (Fsp3) is 0.545. The molecule has 1 rings (SSSR count). The van der Waals surface area contributed by atoms with Crippen LogP contribution in [0.2, 0.25) is 0 Å². The minimum Gasteiger partial charge on any atom is -0.495 e. The molecule has 4 heteroatoms. The minimum absolute atomic E-state index is 0.327. The Bertz CT molecular complexity index is 342. The second kappa shape index (κ2) is 5.16. The fourth-order valence-corrected chi connectivity index (χ4v) is 2.57. The number of thiophene rings is 1. The summed E-state index contributed by atoms with van der Waals surface area (Å²) in [7, 11) is 2.94. The van der Waals surface area contributed by atoms with E-state index in [0.717, 1.165) is 11.3 Å². The molecule has 0 aliphatic rings. The molecule has 0 aromatic carbocycles. The maximum atomic E-state index is 11.4. The largest absolute Gasteiger partial charge is 0.495 e. The molecule has 0 unspecified atom stereocenters. The predicted molar refractivity (Wildman–Crippen MR) is 60.8 cm³/mol. The molecule has 1 aromatic heterocycles. The Morgan fingerprint density at radius 1 is 1.47 bits per heavy atom. The third-order valence-electron chi connectivity index (χ3n) is 1.95. The van der Waals surface area contributed by atoms with Gasteiger partial charge in [-0.3, -0.25) is 0 Å². The number of carbonyl (C=O) groups excluding carboxylic acids is 1. The SMILES string of the molecule is COC(=O)c1sc(CC(C)C)cc1OC. The van der Waals surface area contributed by atoms with Crippen LogP contribution in [-0.2, 0) is 11.2 Å². The summed E-state index contributed by atoms with van der Waals surface area (Å²) in [6.45, 7) is 4.29. The Morgan fingerprint density at radius 3 is 2.60 bits per heavy atom. The van der Waals surface area contributed by atoms with Crippen LogP contribution in [-0.4, -0.2) is 20.2 Å². The third-order valence-corrected chi connectivity index (χ3v) is 3.07. The third kappa shape index (κ3) is 2.96. The lowest BCUT2D eigenvalue weighted by atomic mass is 10.1. The lowest BCUT2D eigenvalue weighted by molar-refractivity contribution is 0.0603. The highest BCUT2D eigenvalue weighted by molar-refractivity contribution is 7.14. The summed E-state index contributed by atoms with van der Waals surface area (Å²) < 4.78 is 9.83. The zero-order chi connectivity index (χ0) is 11.4. The molecule has 0 aliphatic heterocycles. The maximum Gasteiger partial charge on any atom is 0.351 e. The first-order chi connectivity index (χ1) is 7.08. The van der Waals surface area contributed by atoms with E-state index in [9.17, 15) is 4.79 Å². The molecule has 84 valence electrons. The summed E-state index contributed by atoms with van der Waals surface area (Å²) in [4.78, 5) is 13.1. The van der Waals surface area contributed by atoms with Crippen LogP contribution < -0.4 is 4.74 Å². The highest BCUT2D eigenvalue weighted by atomic mass is 32.1. The van der Waals surface area contributed by atoms with Gasteiger partial charge in [-0.05, 0) is 18.4 Å². The Balaban J connectivity index is 2.95. The van der Waals surface area contributed by atoms with Gasteiger partial charge in [0.2, 0.25) is 0 Å². The van der Waals surface area contributed by atoms with Crippen LogP contribution in [0.1, 0.15) is 28.4 Å². The number of hydrogen-bond donors (Lipinski definition) is 0. The molecule has 1 heterocycles. The van der Waals surface area contributed by atoms with Crippen molar-refractivity contribution in [2.45, 2.75) is 20.3 Å². The van der Waals surface area contributed by atoms with Gasteiger partial charge in [-0.2, -0.15) is 0 Å². The van der Waals surface area contributed by atoms with Gasteiger partial charge >= 0.3 is 5.97 Å². The van der Waals surface area contributed by atoms with E-state index in [4.69, 9.17) is 4.74 Å². The molecular formula is C11H16O3S. The Hall–Kier alpha value is -1.03. The molecule has 0 fully saturated rings. The molecule has 15 heavy (non-hydrogen) atoms. The highest BCUT2D eigenvalue weighted by Crippen LogP contribution is 2.31. The number of esters is 1. The summed E-state index contributed by atoms with van der Waals surface area (Å²) in [5, 5.41) is 0. The number of carbonyl (C=O) groups is 1.